The third-order valence-corrected chi connectivity index (χ3v) is 3.45. The lowest BCUT2D eigenvalue weighted by Gasteiger charge is -2.32. The van der Waals surface area contributed by atoms with Crippen LogP contribution in [0.3, 0.4) is 0 Å². The molecule has 8 nitrogen and oxygen atoms in total. The quantitative estimate of drug-likeness (QED) is 0.811. The second kappa shape index (κ2) is 7.84. The van der Waals surface area contributed by atoms with Crippen LogP contribution in [0.1, 0.15) is 12.8 Å². The number of alkyl halides is 2. The minimum absolute atomic E-state index is 0.108. The SMILES string of the molecule is COc1nc(OC)nc(N2CCCC(C(=O)NCC(F)F)C2)n1. The van der Waals surface area contributed by atoms with Crippen molar-refractivity contribution in [2.75, 3.05) is 38.8 Å². The molecular weight excluding hydrogens is 312 g/mol. The van der Waals surface area contributed by atoms with E-state index < -0.39 is 18.9 Å². The van der Waals surface area contributed by atoms with Crippen molar-refractivity contribution in [3.63, 3.8) is 0 Å². The van der Waals surface area contributed by atoms with Gasteiger partial charge in [-0.3, -0.25) is 4.79 Å². The number of piperidine rings is 1. The molecule has 10 heteroatoms. The Bertz CT molecular complexity index is 524. The number of hydrogen-bond acceptors (Lipinski definition) is 7. The molecular formula is C13H19F2N5O3. The van der Waals surface area contributed by atoms with E-state index in [4.69, 9.17) is 9.47 Å². The molecule has 0 bridgehead atoms. The molecule has 0 aromatic carbocycles. The highest BCUT2D eigenvalue weighted by atomic mass is 19.3. The summed E-state index contributed by atoms with van der Waals surface area (Å²) in [4.78, 5) is 25.9. The summed E-state index contributed by atoms with van der Waals surface area (Å²) in [6.45, 7) is 0.350. The van der Waals surface area contributed by atoms with Gasteiger partial charge in [0.2, 0.25) is 11.9 Å². The maximum absolute atomic E-state index is 12.2. The van der Waals surface area contributed by atoms with Crippen LogP contribution < -0.4 is 19.7 Å². The number of carbonyl (C=O) groups excluding carboxylic acids is 1. The maximum atomic E-state index is 12.2. The first kappa shape index (κ1) is 17.1. The lowest BCUT2D eigenvalue weighted by molar-refractivity contribution is -0.125. The smallest absolute Gasteiger partial charge is 0.324 e. The van der Waals surface area contributed by atoms with E-state index >= 15 is 0 Å². The van der Waals surface area contributed by atoms with Gasteiger partial charge in [0, 0.05) is 13.1 Å². The van der Waals surface area contributed by atoms with Gasteiger partial charge in [-0.25, -0.2) is 8.78 Å². The van der Waals surface area contributed by atoms with Crippen LogP contribution in [0, 0.1) is 5.92 Å². The predicted molar refractivity (Wildman–Crippen MR) is 76.9 cm³/mol. The first-order valence-corrected chi connectivity index (χ1v) is 7.18. The van der Waals surface area contributed by atoms with Gasteiger partial charge in [0.05, 0.1) is 26.7 Å². The first-order valence-electron chi connectivity index (χ1n) is 7.18. The van der Waals surface area contributed by atoms with E-state index in [1.54, 1.807) is 4.90 Å². The molecule has 1 saturated heterocycles. The number of rotatable bonds is 6. The van der Waals surface area contributed by atoms with Crippen molar-refractivity contribution in [1.82, 2.24) is 20.3 Å². The number of aromatic nitrogens is 3. The number of nitrogens with zero attached hydrogens (tertiary/aromatic N) is 4. The standard InChI is InChI=1S/C13H19F2N5O3/c1-22-12-17-11(18-13(19-12)23-2)20-5-3-4-8(7-20)10(21)16-6-9(14)15/h8-9H,3-7H2,1-2H3,(H,16,21). The van der Waals surface area contributed by atoms with Crippen molar-refractivity contribution >= 4 is 11.9 Å². The fourth-order valence-corrected chi connectivity index (χ4v) is 2.35. The summed E-state index contributed by atoms with van der Waals surface area (Å²) >= 11 is 0. The van der Waals surface area contributed by atoms with Crippen LogP contribution in [-0.4, -0.2) is 61.1 Å². The molecule has 2 rings (SSSR count). The summed E-state index contributed by atoms with van der Waals surface area (Å²) < 4.78 is 34.4. The normalized spacial score (nSPS) is 18.0. The summed E-state index contributed by atoms with van der Waals surface area (Å²) in [6, 6.07) is 0.215. The molecule has 2 heterocycles. The Morgan fingerprint density at radius 2 is 1.96 bits per heavy atom. The summed E-state index contributed by atoms with van der Waals surface area (Å²) in [5, 5.41) is 2.25. The molecule has 0 spiro atoms. The van der Waals surface area contributed by atoms with Crippen LogP contribution in [0.15, 0.2) is 0 Å². The molecule has 1 N–H and O–H groups in total. The van der Waals surface area contributed by atoms with Gasteiger partial charge in [-0.15, -0.1) is 4.98 Å². The molecule has 1 fully saturated rings. The lowest BCUT2D eigenvalue weighted by atomic mass is 9.97. The van der Waals surface area contributed by atoms with Crippen LogP contribution in [0.5, 0.6) is 12.0 Å². The van der Waals surface area contributed by atoms with Crippen LogP contribution in [0.25, 0.3) is 0 Å². The van der Waals surface area contributed by atoms with Crippen LogP contribution in [0.2, 0.25) is 0 Å². The van der Waals surface area contributed by atoms with Crippen molar-refractivity contribution in [1.29, 1.82) is 0 Å². The zero-order valence-electron chi connectivity index (χ0n) is 13.0. The Morgan fingerprint density at radius 1 is 1.30 bits per heavy atom. The zero-order chi connectivity index (χ0) is 16.8. The molecule has 1 aliphatic heterocycles. The van der Waals surface area contributed by atoms with Crippen molar-refractivity contribution in [3.05, 3.63) is 0 Å². The summed E-state index contributed by atoms with van der Waals surface area (Å²) in [7, 11) is 2.85. The Morgan fingerprint density at radius 3 is 2.52 bits per heavy atom. The van der Waals surface area contributed by atoms with Gasteiger partial charge in [0.25, 0.3) is 6.43 Å². The molecule has 0 aliphatic carbocycles. The third-order valence-electron chi connectivity index (χ3n) is 3.45. The van der Waals surface area contributed by atoms with Crippen LogP contribution in [-0.2, 0) is 4.79 Å². The van der Waals surface area contributed by atoms with Crippen molar-refractivity contribution in [3.8, 4) is 12.0 Å². The molecule has 1 aromatic heterocycles. The summed E-state index contributed by atoms with van der Waals surface area (Å²) in [6.07, 6.45) is -1.20. The number of amides is 1. The Balaban J connectivity index is 2.07. The van der Waals surface area contributed by atoms with Crippen molar-refractivity contribution in [2.24, 2.45) is 5.92 Å². The largest absolute Gasteiger partial charge is 0.467 e. The highest BCUT2D eigenvalue weighted by molar-refractivity contribution is 5.79. The first-order chi connectivity index (χ1) is 11.0. The average Bonchev–Trinajstić information content (AvgIpc) is 2.59. The van der Waals surface area contributed by atoms with Gasteiger partial charge in [0.1, 0.15) is 0 Å². The number of nitrogens with one attached hydrogen (secondary N) is 1. The number of halogens is 2. The van der Waals surface area contributed by atoms with Gasteiger partial charge in [-0.2, -0.15) is 9.97 Å². The van der Waals surface area contributed by atoms with E-state index in [2.05, 4.69) is 20.3 Å². The molecule has 23 heavy (non-hydrogen) atoms. The average molecular weight is 331 g/mol. The molecule has 1 atom stereocenters. The zero-order valence-corrected chi connectivity index (χ0v) is 13.0. The van der Waals surface area contributed by atoms with Gasteiger partial charge in [0.15, 0.2) is 0 Å². The maximum Gasteiger partial charge on any atom is 0.324 e. The molecule has 1 aliphatic rings. The minimum Gasteiger partial charge on any atom is -0.467 e. The van der Waals surface area contributed by atoms with Gasteiger partial charge < -0.3 is 19.7 Å². The number of ether oxygens (including phenoxy) is 2. The van der Waals surface area contributed by atoms with Crippen molar-refractivity contribution in [2.45, 2.75) is 19.3 Å². The second-order valence-corrected chi connectivity index (χ2v) is 5.03. The monoisotopic (exact) mass is 331 g/mol. The molecule has 128 valence electrons. The fraction of sp³-hybridized carbons (Fsp3) is 0.692. The highest BCUT2D eigenvalue weighted by Gasteiger charge is 2.28. The number of methoxy groups -OCH3 is 2. The number of anilines is 1. The van der Waals surface area contributed by atoms with Crippen molar-refractivity contribution < 1.29 is 23.0 Å². The fourth-order valence-electron chi connectivity index (χ4n) is 2.35. The van der Waals surface area contributed by atoms with E-state index in [0.29, 0.717) is 25.5 Å². The third kappa shape index (κ3) is 4.60. The molecule has 1 aromatic rings. The van der Waals surface area contributed by atoms with E-state index in [0.717, 1.165) is 6.42 Å². The lowest BCUT2D eigenvalue weighted by Crippen LogP contribution is -2.44. The molecule has 1 unspecified atom stereocenters. The van der Waals surface area contributed by atoms with Gasteiger partial charge in [-0.1, -0.05) is 0 Å². The summed E-state index contributed by atoms with van der Waals surface area (Å²) in [5.41, 5.74) is 0. The van der Waals surface area contributed by atoms with E-state index in [1.165, 1.54) is 14.2 Å². The van der Waals surface area contributed by atoms with E-state index in [1.807, 2.05) is 0 Å². The summed E-state index contributed by atoms with van der Waals surface area (Å²) in [5.74, 6) is -0.445. The molecule has 1 amide bonds. The second-order valence-electron chi connectivity index (χ2n) is 5.03. The Labute approximate surface area is 132 Å². The predicted octanol–water partition coefficient (Wildman–Crippen LogP) is 0.486. The van der Waals surface area contributed by atoms with Crippen LogP contribution >= 0.6 is 0 Å². The Hall–Kier alpha value is -2.26. The number of carbonyl (C=O) groups is 1. The molecule has 0 saturated carbocycles. The topological polar surface area (TPSA) is 89.5 Å². The van der Waals surface area contributed by atoms with Crippen LogP contribution in [0.4, 0.5) is 14.7 Å². The van der Waals surface area contributed by atoms with Gasteiger partial charge in [-0.05, 0) is 12.8 Å². The highest BCUT2D eigenvalue weighted by Crippen LogP contribution is 2.23. The minimum atomic E-state index is -2.56. The van der Waals surface area contributed by atoms with E-state index in [9.17, 15) is 13.6 Å². The Kier molecular flexibility index (Phi) is 5.83. The number of hydrogen-bond donors (Lipinski definition) is 1. The van der Waals surface area contributed by atoms with E-state index in [-0.39, 0.29) is 17.9 Å². The molecule has 0 radical (unpaired) electrons. The van der Waals surface area contributed by atoms with Gasteiger partial charge >= 0.3 is 12.0 Å².